The fourth-order valence-corrected chi connectivity index (χ4v) is 7.62. The molecule has 0 bridgehead atoms. The lowest BCUT2D eigenvalue weighted by Gasteiger charge is -2.47. The number of carbonyl (C=O) groups excluding carboxylic acids is 1. The third-order valence-electron chi connectivity index (χ3n) is 9.70. The van der Waals surface area contributed by atoms with Crippen molar-refractivity contribution in [1.29, 1.82) is 0 Å². The summed E-state index contributed by atoms with van der Waals surface area (Å²) in [4.78, 5) is 12.0. The predicted molar refractivity (Wildman–Crippen MR) is 131 cm³/mol. The van der Waals surface area contributed by atoms with Gasteiger partial charge in [0.1, 0.15) is 5.78 Å². The van der Waals surface area contributed by atoms with Gasteiger partial charge in [-0.15, -0.1) is 0 Å². The minimum absolute atomic E-state index is 0.0458. The van der Waals surface area contributed by atoms with Crippen molar-refractivity contribution in [2.75, 3.05) is 0 Å². The van der Waals surface area contributed by atoms with Gasteiger partial charge in [-0.1, -0.05) is 56.2 Å². The van der Waals surface area contributed by atoms with Gasteiger partial charge in [0, 0.05) is 0 Å². The smallest absolute Gasteiger partial charge is 0.138 e. The van der Waals surface area contributed by atoms with E-state index in [1.807, 2.05) is 6.08 Å². The van der Waals surface area contributed by atoms with Crippen LogP contribution in [-0.4, -0.2) is 39.4 Å². The second kappa shape index (κ2) is 9.09. The summed E-state index contributed by atoms with van der Waals surface area (Å²) in [6.07, 6.45) is 16.4. The third-order valence-corrected chi connectivity index (χ3v) is 9.70. The molecule has 4 aliphatic carbocycles. The standard InChI is InChI=1S/C29H44O4/c1-19(30)29(14-15-29)26(33)11-13-27(2,3)25-10-9-24-21(6-5-12-28(24,25)4)8-7-20-16-22(31)18-23(32)17-20/h7-8,11,13,22-26,31-33H,5-6,9-10,12,14-18H2,1-4H3/b13-11+,21-8+/t22-,23-,24+,25-,26+,28+/m1/s1. The number of hydrogen-bond donors (Lipinski definition) is 3. The largest absolute Gasteiger partial charge is 0.393 e. The first kappa shape index (κ1) is 24.9. The Morgan fingerprint density at radius 1 is 1.09 bits per heavy atom. The second-order valence-corrected chi connectivity index (χ2v) is 12.4. The summed E-state index contributed by atoms with van der Waals surface area (Å²) in [6, 6.07) is 0. The zero-order valence-corrected chi connectivity index (χ0v) is 21.0. The molecule has 33 heavy (non-hydrogen) atoms. The van der Waals surface area contributed by atoms with Crippen molar-refractivity contribution < 1.29 is 20.1 Å². The molecule has 0 aromatic heterocycles. The van der Waals surface area contributed by atoms with Gasteiger partial charge in [0.05, 0.1) is 23.7 Å². The molecule has 3 N–H and O–H groups in total. The SMILES string of the molecule is CC(=O)C1([C@@H](O)/C=C/C(C)(C)[C@H]2CC[C@H]3/C(=C/C=C4C[C@@H](O)C[C@H](O)C4)CCC[C@]23C)CC1. The van der Waals surface area contributed by atoms with Crippen molar-refractivity contribution in [1.82, 2.24) is 0 Å². The quantitative estimate of drug-likeness (QED) is 0.476. The van der Waals surface area contributed by atoms with Gasteiger partial charge < -0.3 is 15.3 Å². The van der Waals surface area contributed by atoms with Gasteiger partial charge in [-0.2, -0.15) is 0 Å². The van der Waals surface area contributed by atoms with E-state index < -0.39 is 23.7 Å². The van der Waals surface area contributed by atoms with Crippen LogP contribution in [0.25, 0.3) is 0 Å². The van der Waals surface area contributed by atoms with Gasteiger partial charge >= 0.3 is 0 Å². The van der Waals surface area contributed by atoms with E-state index in [2.05, 4.69) is 39.0 Å². The molecule has 0 aliphatic heterocycles. The summed E-state index contributed by atoms with van der Waals surface area (Å²) in [7, 11) is 0. The Labute approximate surface area is 199 Å². The van der Waals surface area contributed by atoms with Crippen LogP contribution in [0, 0.1) is 28.1 Å². The van der Waals surface area contributed by atoms with Crippen LogP contribution >= 0.6 is 0 Å². The van der Waals surface area contributed by atoms with Crippen molar-refractivity contribution in [3.63, 3.8) is 0 Å². The Morgan fingerprint density at radius 2 is 1.76 bits per heavy atom. The maximum Gasteiger partial charge on any atom is 0.138 e. The van der Waals surface area contributed by atoms with Crippen LogP contribution in [0.1, 0.15) is 91.9 Å². The van der Waals surface area contributed by atoms with Gasteiger partial charge in [0.2, 0.25) is 0 Å². The van der Waals surface area contributed by atoms with Crippen LogP contribution in [0.15, 0.2) is 35.5 Å². The maximum atomic E-state index is 12.0. The second-order valence-electron chi connectivity index (χ2n) is 12.4. The predicted octanol–water partition coefficient (Wildman–Crippen LogP) is 5.27. The van der Waals surface area contributed by atoms with Gasteiger partial charge in [0.25, 0.3) is 0 Å². The Bertz CT molecular complexity index is 834. The minimum atomic E-state index is -0.672. The van der Waals surface area contributed by atoms with Crippen molar-refractivity contribution in [3.05, 3.63) is 35.5 Å². The van der Waals surface area contributed by atoms with Gasteiger partial charge in [0.15, 0.2) is 0 Å². The summed E-state index contributed by atoms with van der Waals surface area (Å²) >= 11 is 0. The number of fused-ring (bicyclic) bond motifs is 1. The molecule has 4 nitrogen and oxygen atoms in total. The molecule has 4 rings (SSSR count). The summed E-state index contributed by atoms with van der Waals surface area (Å²) < 4.78 is 0. The van der Waals surface area contributed by atoms with Crippen molar-refractivity contribution in [2.45, 2.75) is 110 Å². The zero-order valence-electron chi connectivity index (χ0n) is 21.0. The Morgan fingerprint density at radius 3 is 2.36 bits per heavy atom. The summed E-state index contributed by atoms with van der Waals surface area (Å²) in [5.41, 5.74) is 2.35. The molecule has 4 fully saturated rings. The van der Waals surface area contributed by atoms with Crippen molar-refractivity contribution >= 4 is 5.78 Å². The number of carbonyl (C=O) groups is 1. The average molecular weight is 457 g/mol. The van der Waals surface area contributed by atoms with Crippen LogP contribution in [0.3, 0.4) is 0 Å². The van der Waals surface area contributed by atoms with Gasteiger partial charge in [-0.05, 0) is 93.8 Å². The van der Waals surface area contributed by atoms with Crippen LogP contribution < -0.4 is 0 Å². The maximum absolute atomic E-state index is 12.0. The van der Waals surface area contributed by atoms with E-state index in [-0.39, 0.29) is 16.6 Å². The number of rotatable bonds is 6. The molecule has 0 aromatic rings. The monoisotopic (exact) mass is 456 g/mol. The molecule has 0 unspecified atom stereocenters. The number of Topliss-reactive ketones (excluding diaryl/α,β-unsaturated/α-hetero) is 1. The Kier molecular flexibility index (Phi) is 6.85. The molecular formula is C29H44O4. The van der Waals surface area contributed by atoms with E-state index >= 15 is 0 Å². The third kappa shape index (κ3) is 4.81. The van der Waals surface area contributed by atoms with E-state index in [0.717, 1.165) is 24.8 Å². The molecule has 0 amide bonds. The highest BCUT2D eigenvalue weighted by molar-refractivity contribution is 5.86. The number of aliphatic hydroxyl groups is 3. The number of aliphatic hydroxyl groups excluding tert-OH is 3. The minimum Gasteiger partial charge on any atom is -0.393 e. The van der Waals surface area contributed by atoms with E-state index in [1.54, 1.807) is 6.92 Å². The highest BCUT2D eigenvalue weighted by Crippen LogP contribution is 2.62. The molecule has 4 heteroatoms. The molecule has 184 valence electrons. The highest BCUT2D eigenvalue weighted by Gasteiger charge is 2.54. The molecule has 0 saturated heterocycles. The molecule has 4 aliphatic rings. The summed E-state index contributed by atoms with van der Waals surface area (Å²) in [5, 5.41) is 30.8. The molecule has 6 atom stereocenters. The highest BCUT2D eigenvalue weighted by atomic mass is 16.3. The average Bonchev–Trinajstić information content (AvgIpc) is 3.46. The fourth-order valence-electron chi connectivity index (χ4n) is 7.62. The van der Waals surface area contributed by atoms with Crippen LogP contribution in [-0.2, 0) is 4.79 Å². The zero-order chi connectivity index (χ0) is 24.0. The van der Waals surface area contributed by atoms with Crippen LogP contribution in [0.5, 0.6) is 0 Å². The lowest BCUT2D eigenvalue weighted by atomic mass is 9.57. The molecule has 0 spiro atoms. The van der Waals surface area contributed by atoms with E-state index in [4.69, 9.17) is 0 Å². The van der Waals surface area contributed by atoms with Crippen molar-refractivity contribution in [2.24, 2.45) is 28.1 Å². The lowest BCUT2D eigenvalue weighted by molar-refractivity contribution is -0.124. The van der Waals surface area contributed by atoms with E-state index in [0.29, 0.717) is 31.1 Å². The molecule has 0 radical (unpaired) electrons. The topological polar surface area (TPSA) is 77.8 Å². The molecule has 0 aromatic carbocycles. The Hall–Kier alpha value is -1.23. The molecule has 0 heterocycles. The lowest BCUT2D eigenvalue weighted by Crippen LogP contribution is -2.39. The van der Waals surface area contributed by atoms with E-state index in [1.165, 1.54) is 31.3 Å². The molecule has 4 saturated carbocycles. The first-order valence-corrected chi connectivity index (χ1v) is 13.1. The van der Waals surface area contributed by atoms with Crippen LogP contribution in [0.2, 0.25) is 0 Å². The van der Waals surface area contributed by atoms with Crippen molar-refractivity contribution in [3.8, 4) is 0 Å². The summed E-state index contributed by atoms with van der Waals surface area (Å²) in [6.45, 7) is 8.67. The first-order chi connectivity index (χ1) is 15.5. The normalized spacial score (nSPS) is 38.4. The van der Waals surface area contributed by atoms with Gasteiger partial charge in [-0.3, -0.25) is 4.79 Å². The number of ketones is 1. The Balaban J connectivity index is 1.50. The fraction of sp³-hybridized carbons (Fsp3) is 0.759. The van der Waals surface area contributed by atoms with Gasteiger partial charge in [-0.25, -0.2) is 0 Å². The number of hydrogen-bond acceptors (Lipinski definition) is 4. The van der Waals surface area contributed by atoms with Crippen LogP contribution in [0.4, 0.5) is 0 Å². The summed E-state index contributed by atoms with van der Waals surface area (Å²) in [5.74, 6) is 1.20. The number of allylic oxidation sites excluding steroid dienone is 4. The van der Waals surface area contributed by atoms with E-state index in [9.17, 15) is 20.1 Å². The molecular weight excluding hydrogens is 412 g/mol. The first-order valence-electron chi connectivity index (χ1n) is 13.1.